The van der Waals surface area contributed by atoms with E-state index in [2.05, 4.69) is 49.3 Å². The van der Waals surface area contributed by atoms with E-state index < -0.39 is 0 Å². The van der Waals surface area contributed by atoms with Crippen molar-refractivity contribution in [2.45, 2.75) is 43.1 Å². The van der Waals surface area contributed by atoms with E-state index in [1.807, 2.05) is 11.4 Å². The van der Waals surface area contributed by atoms with Crippen molar-refractivity contribution in [2.75, 3.05) is 5.32 Å². The van der Waals surface area contributed by atoms with Crippen LogP contribution in [0.5, 0.6) is 0 Å². The van der Waals surface area contributed by atoms with Gasteiger partial charge in [-0.3, -0.25) is 4.79 Å². The molecule has 2 aromatic heterocycles. The fourth-order valence-electron chi connectivity index (χ4n) is 2.68. The summed E-state index contributed by atoms with van der Waals surface area (Å²) in [6.07, 6.45) is 2.40. The molecule has 0 saturated heterocycles. The van der Waals surface area contributed by atoms with Crippen molar-refractivity contribution >= 4 is 34.1 Å². The fourth-order valence-corrected chi connectivity index (χ4v) is 4.38. The van der Waals surface area contributed by atoms with Gasteiger partial charge in [-0.2, -0.15) is 0 Å². The van der Waals surface area contributed by atoms with Gasteiger partial charge >= 0.3 is 0 Å². The number of nitrogens with zero attached hydrogens (tertiary/aromatic N) is 4. The highest BCUT2D eigenvalue weighted by Gasteiger charge is 2.30. The number of benzene rings is 1. The molecule has 1 saturated carbocycles. The van der Waals surface area contributed by atoms with Crippen LogP contribution in [-0.2, 0) is 17.1 Å². The molecule has 0 radical (unpaired) electrons. The minimum Gasteiger partial charge on any atom is -0.302 e. The number of aromatic nitrogens is 4. The van der Waals surface area contributed by atoms with Crippen LogP contribution in [0, 0.1) is 0 Å². The lowest BCUT2D eigenvalue weighted by atomic mass is 10.2. The van der Waals surface area contributed by atoms with Crippen molar-refractivity contribution in [1.29, 1.82) is 0 Å². The monoisotopic (exact) mass is 385 g/mol. The largest absolute Gasteiger partial charge is 0.302 e. The second-order valence-corrected chi connectivity index (χ2v) is 8.10. The van der Waals surface area contributed by atoms with Crippen LogP contribution < -0.4 is 5.32 Å². The highest BCUT2D eigenvalue weighted by molar-refractivity contribution is 7.98. The molecule has 1 amide bonds. The molecule has 0 spiro atoms. The van der Waals surface area contributed by atoms with Gasteiger partial charge in [-0.1, -0.05) is 42.1 Å². The summed E-state index contributed by atoms with van der Waals surface area (Å²) in [6.45, 7) is 2.28. The third kappa shape index (κ3) is 4.13. The number of hydrogen-bond acceptors (Lipinski definition) is 6. The number of anilines is 1. The van der Waals surface area contributed by atoms with Gasteiger partial charge in [-0.25, -0.2) is 4.98 Å². The van der Waals surface area contributed by atoms with Gasteiger partial charge in [0.2, 0.25) is 5.91 Å². The topological polar surface area (TPSA) is 72.7 Å². The lowest BCUT2D eigenvalue weighted by Crippen LogP contribution is -2.06. The number of carbonyl (C=O) groups is 1. The Morgan fingerprint density at radius 2 is 2.12 bits per heavy atom. The predicted octanol–water partition coefficient (Wildman–Crippen LogP) is 3.91. The quantitative estimate of drug-likeness (QED) is 0.624. The second-order valence-electron chi connectivity index (χ2n) is 6.30. The Labute approximate surface area is 160 Å². The first kappa shape index (κ1) is 17.2. The highest BCUT2D eigenvalue weighted by Crippen LogP contribution is 2.40. The number of carbonyl (C=O) groups excluding carboxylic acids is 1. The molecule has 26 heavy (non-hydrogen) atoms. The lowest BCUT2D eigenvalue weighted by molar-refractivity contribution is -0.114. The summed E-state index contributed by atoms with van der Waals surface area (Å²) in [5.74, 6) is 2.24. The molecular weight excluding hydrogens is 366 g/mol. The number of hydrogen-bond donors (Lipinski definition) is 1. The highest BCUT2D eigenvalue weighted by atomic mass is 32.2. The molecule has 0 bridgehead atoms. The van der Waals surface area contributed by atoms with Crippen molar-refractivity contribution in [3.63, 3.8) is 0 Å². The Hall–Kier alpha value is -2.19. The molecule has 0 unspecified atom stereocenters. The van der Waals surface area contributed by atoms with Crippen LogP contribution in [0.2, 0.25) is 0 Å². The normalized spacial score (nSPS) is 13.7. The Bertz CT molecular complexity index is 901. The maximum atomic E-state index is 11.1. The van der Waals surface area contributed by atoms with Crippen molar-refractivity contribution in [1.82, 2.24) is 19.7 Å². The summed E-state index contributed by atoms with van der Waals surface area (Å²) in [7, 11) is 0. The van der Waals surface area contributed by atoms with Crippen molar-refractivity contribution in [3.05, 3.63) is 52.8 Å². The molecule has 1 fully saturated rings. The molecule has 1 aromatic carbocycles. The average Bonchev–Trinajstić information content (AvgIpc) is 3.25. The summed E-state index contributed by atoms with van der Waals surface area (Å²) in [5, 5.41) is 15.1. The van der Waals surface area contributed by atoms with Gasteiger partial charge in [-0.05, 0) is 18.4 Å². The third-order valence-corrected chi connectivity index (χ3v) is 5.86. The Balaban J connectivity index is 1.49. The van der Waals surface area contributed by atoms with E-state index in [0.29, 0.717) is 16.8 Å². The van der Waals surface area contributed by atoms with E-state index in [1.54, 1.807) is 11.8 Å². The molecule has 8 heteroatoms. The van der Waals surface area contributed by atoms with E-state index in [-0.39, 0.29) is 5.91 Å². The van der Waals surface area contributed by atoms with Crippen LogP contribution in [0.25, 0.3) is 0 Å². The molecule has 3 aromatic rings. The van der Waals surface area contributed by atoms with E-state index in [4.69, 9.17) is 0 Å². The maximum absolute atomic E-state index is 11.1. The van der Waals surface area contributed by atoms with Crippen molar-refractivity contribution < 1.29 is 4.79 Å². The first-order valence-corrected chi connectivity index (χ1v) is 10.4. The summed E-state index contributed by atoms with van der Waals surface area (Å²) in [5.41, 5.74) is 2.18. The van der Waals surface area contributed by atoms with Crippen molar-refractivity contribution in [3.8, 4) is 0 Å². The maximum Gasteiger partial charge on any atom is 0.223 e. The Kier molecular flexibility index (Phi) is 5.03. The molecule has 2 heterocycles. The van der Waals surface area contributed by atoms with Gasteiger partial charge in [0.05, 0.1) is 12.2 Å². The van der Waals surface area contributed by atoms with Crippen LogP contribution in [0.15, 0.2) is 40.9 Å². The fraction of sp³-hybridized carbons (Fsp3) is 0.333. The summed E-state index contributed by atoms with van der Waals surface area (Å²) >= 11 is 3.08. The standard InChI is InChI=1S/C18H19N5OS2/c1-12(24)19-17-20-15(10-25-17)11-26-18-22-21-16(14-7-8-14)23(18)9-13-5-3-2-4-6-13/h2-6,10,14H,7-9,11H2,1H3,(H,19,20,24). The number of thioether (sulfide) groups is 1. The summed E-state index contributed by atoms with van der Waals surface area (Å²) < 4.78 is 2.23. The predicted molar refractivity (Wildman–Crippen MR) is 104 cm³/mol. The number of rotatable bonds is 7. The third-order valence-electron chi connectivity index (χ3n) is 4.06. The van der Waals surface area contributed by atoms with E-state index in [1.165, 1.54) is 36.7 Å². The molecule has 4 rings (SSSR count). The smallest absolute Gasteiger partial charge is 0.223 e. The zero-order valence-electron chi connectivity index (χ0n) is 14.4. The van der Waals surface area contributed by atoms with Crippen LogP contribution >= 0.6 is 23.1 Å². The first-order valence-electron chi connectivity index (χ1n) is 8.51. The number of nitrogens with one attached hydrogen (secondary N) is 1. The molecule has 1 aliphatic carbocycles. The van der Waals surface area contributed by atoms with Crippen LogP contribution in [-0.4, -0.2) is 25.7 Å². The van der Waals surface area contributed by atoms with E-state index in [9.17, 15) is 4.79 Å². The second kappa shape index (κ2) is 7.59. The van der Waals surface area contributed by atoms with Gasteiger partial charge in [0.15, 0.2) is 10.3 Å². The first-order chi connectivity index (χ1) is 12.7. The number of thiazole rings is 1. The average molecular weight is 386 g/mol. The lowest BCUT2D eigenvalue weighted by Gasteiger charge is -2.09. The molecule has 0 atom stereocenters. The SMILES string of the molecule is CC(=O)Nc1nc(CSc2nnc(C3CC3)n2Cc2ccccc2)cs1. The summed E-state index contributed by atoms with van der Waals surface area (Å²) in [4.78, 5) is 15.6. The van der Waals surface area contributed by atoms with Crippen LogP contribution in [0.4, 0.5) is 5.13 Å². The molecule has 1 aliphatic rings. The minimum atomic E-state index is -0.102. The molecule has 0 aliphatic heterocycles. The summed E-state index contributed by atoms with van der Waals surface area (Å²) in [6, 6.07) is 10.4. The van der Waals surface area contributed by atoms with E-state index in [0.717, 1.165) is 23.2 Å². The van der Waals surface area contributed by atoms with Gasteiger partial charge in [0, 0.05) is 24.0 Å². The molecular formula is C18H19N5OS2. The van der Waals surface area contributed by atoms with Crippen LogP contribution in [0.3, 0.4) is 0 Å². The molecule has 6 nitrogen and oxygen atoms in total. The minimum absolute atomic E-state index is 0.102. The van der Waals surface area contributed by atoms with Gasteiger partial charge in [0.25, 0.3) is 0 Å². The Morgan fingerprint density at radius 1 is 1.31 bits per heavy atom. The molecule has 1 N–H and O–H groups in total. The Morgan fingerprint density at radius 3 is 2.85 bits per heavy atom. The number of amides is 1. The van der Waals surface area contributed by atoms with Gasteiger partial charge in [-0.15, -0.1) is 21.5 Å². The van der Waals surface area contributed by atoms with Crippen LogP contribution in [0.1, 0.15) is 42.8 Å². The zero-order chi connectivity index (χ0) is 17.9. The molecule has 134 valence electrons. The van der Waals surface area contributed by atoms with E-state index >= 15 is 0 Å². The zero-order valence-corrected chi connectivity index (χ0v) is 16.0. The van der Waals surface area contributed by atoms with Gasteiger partial charge < -0.3 is 9.88 Å². The van der Waals surface area contributed by atoms with Crippen molar-refractivity contribution in [2.24, 2.45) is 0 Å². The van der Waals surface area contributed by atoms with Gasteiger partial charge in [0.1, 0.15) is 5.82 Å².